The van der Waals surface area contributed by atoms with E-state index in [-0.39, 0.29) is 5.41 Å². The predicted molar refractivity (Wildman–Crippen MR) is 88.6 cm³/mol. The van der Waals surface area contributed by atoms with Crippen molar-refractivity contribution >= 4 is 22.2 Å². The Hall–Kier alpha value is -2.09. The summed E-state index contributed by atoms with van der Waals surface area (Å²) in [7, 11) is 0. The minimum atomic E-state index is -0.121. The number of fused-ring (bicyclic) bond motifs is 5. The van der Waals surface area contributed by atoms with E-state index in [9.17, 15) is 4.79 Å². The summed E-state index contributed by atoms with van der Waals surface area (Å²) in [6.07, 6.45) is 8.34. The quantitative estimate of drug-likeness (QED) is 0.594. The fraction of sp³-hybridized carbons (Fsp3) is 0.350. The van der Waals surface area contributed by atoms with Crippen molar-refractivity contribution in [3.05, 3.63) is 53.6 Å². The van der Waals surface area contributed by atoms with Crippen LogP contribution in [0.2, 0.25) is 0 Å². The highest BCUT2D eigenvalue weighted by Crippen LogP contribution is 2.56. The molecule has 110 valence electrons. The van der Waals surface area contributed by atoms with Gasteiger partial charge in [-0.2, -0.15) is 0 Å². The zero-order valence-electron chi connectivity index (χ0n) is 12.5. The van der Waals surface area contributed by atoms with E-state index >= 15 is 0 Å². The number of carbonyl (C=O) groups is 1. The number of nitrogen functional groups attached to an aromatic ring is 1. The van der Waals surface area contributed by atoms with Gasteiger partial charge in [-0.25, -0.2) is 0 Å². The van der Waals surface area contributed by atoms with Crippen molar-refractivity contribution in [2.45, 2.75) is 25.7 Å². The monoisotopic (exact) mass is 289 g/mol. The Morgan fingerprint density at radius 3 is 2.82 bits per heavy atom. The summed E-state index contributed by atoms with van der Waals surface area (Å²) in [6.45, 7) is 0. The first-order chi connectivity index (χ1) is 10.7. The first-order valence-corrected chi connectivity index (χ1v) is 8.17. The average molecular weight is 289 g/mol. The molecule has 0 amide bonds. The first-order valence-electron chi connectivity index (χ1n) is 8.17. The van der Waals surface area contributed by atoms with E-state index in [2.05, 4.69) is 30.4 Å². The van der Waals surface area contributed by atoms with Gasteiger partial charge in [-0.1, -0.05) is 30.4 Å². The molecule has 0 heterocycles. The normalized spacial score (nSPS) is 32.1. The number of Topliss-reactive ketones (excluding diaryl/α,β-unsaturated/α-hetero) is 1. The first kappa shape index (κ1) is 12.5. The molecule has 0 aromatic heterocycles. The third-order valence-electron chi connectivity index (χ3n) is 6.16. The Morgan fingerprint density at radius 2 is 2.05 bits per heavy atom. The Morgan fingerprint density at radius 1 is 1.14 bits per heavy atom. The molecule has 0 saturated heterocycles. The summed E-state index contributed by atoms with van der Waals surface area (Å²) in [4.78, 5) is 12.9. The minimum absolute atomic E-state index is 0.121. The van der Waals surface area contributed by atoms with Gasteiger partial charge in [0.15, 0.2) is 0 Å². The predicted octanol–water partition coefficient (Wildman–Crippen LogP) is 3.67. The molecular weight excluding hydrogens is 270 g/mol. The number of anilines is 1. The van der Waals surface area contributed by atoms with Crippen molar-refractivity contribution in [1.29, 1.82) is 0 Å². The van der Waals surface area contributed by atoms with Gasteiger partial charge in [0, 0.05) is 22.9 Å². The second-order valence-corrected chi connectivity index (χ2v) is 7.31. The maximum atomic E-state index is 12.9. The number of allylic oxidation sites excluding steroid dienone is 2. The minimum Gasteiger partial charge on any atom is -0.398 e. The number of rotatable bonds is 0. The standard InChI is InChI=1S/C20H19NO/c21-18-3-1-2-13-7-14-9-19(22)20(11-15(14)8-17(13)18)10-12-4-5-16(20)6-12/h1-5,7-8,12,16H,6,9-11,21H2. The largest absolute Gasteiger partial charge is 0.398 e. The zero-order chi connectivity index (χ0) is 14.9. The van der Waals surface area contributed by atoms with Crippen LogP contribution < -0.4 is 5.73 Å². The van der Waals surface area contributed by atoms with Gasteiger partial charge < -0.3 is 5.73 Å². The van der Waals surface area contributed by atoms with Crippen molar-refractivity contribution in [3.8, 4) is 0 Å². The molecule has 2 N–H and O–H groups in total. The number of carbonyl (C=O) groups excluding carboxylic acids is 1. The summed E-state index contributed by atoms with van der Waals surface area (Å²) in [5.74, 6) is 1.54. The lowest BCUT2D eigenvalue weighted by atomic mass is 9.63. The van der Waals surface area contributed by atoms with Gasteiger partial charge in [0.1, 0.15) is 5.78 Å². The van der Waals surface area contributed by atoms with Crippen LogP contribution in [0, 0.1) is 17.3 Å². The summed E-state index contributed by atoms with van der Waals surface area (Å²) in [5, 5.41) is 2.28. The van der Waals surface area contributed by atoms with Crippen LogP contribution in [0.1, 0.15) is 24.0 Å². The molecule has 2 aromatic carbocycles. The second kappa shape index (κ2) is 4.01. The molecule has 3 atom stereocenters. The van der Waals surface area contributed by atoms with Crippen LogP contribution in [0.25, 0.3) is 10.8 Å². The van der Waals surface area contributed by atoms with E-state index in [4.69, 9.17) is 5.73 Å². The molecular formula is C20H19NO. The lowest BCUT2D eigenvalue weighted by Crippen LogP contribution is -2.41. The van der Waals surface area contributed by atoms with E-state index in [0.717, 1.165) is 29.3 Å². The van der Waals surface area contributed by atoms with Crippen molar-refractivity contribution in [3.63, 3.8) is 0 Å². The van der Waals surface area contributed by atoms with E-state index in [1.165, 1.54) is 17.5 Å². The zero-order valence-corrected chi connectivity index (χ0v) is 12.5. The average Bonchev–Trinajstić information content (AvgIpc) is 3.09. The van der Waals surface area contributed by atoms with Crippen LogP contribution in [-0.2, 0) is 17.6 Å². The maximum Gasteiger partial charge on any atom is 0.144 e. The van der Waals surface area contributed by atoms with Gasteiger partial charge in [0.2, 0.25) is 0 Å². The molecule has 1 fully saturated rings. The Balaban J connectivity index is 1.67. The van der Waals surface area contributed by atoms with Crippen molar-refractivity contribution in [2.24, 2.45) is 17.3 Å². The van der Waals surface area contributed by atoms with Gasteiger partial charge >= 0.3 is 0 Å². The Labute approximate surface area is 130 Å². The van der Waals surface area contributed by atoms with E-state index in [0.29, 0.717) is 24.0 Å². The van der Waals surface area contributed by atoms with Gasteiger partial charge in [-0.05, 0) is 59.7 Å². The summed E-state index contributed by atoms with van der Waals surface area (Å²) < 4.78 is 0. The molecule has 2 heteroatoms. The summed E-state index contributed by atoms with van der Waals surface area (Å²) in [5.41, 5.74) is 9.40. The molecule has 2 bridgehead atoms. The fourth-order valence-electron chi connectivity index (χ4n) is 5.04. The topological polar surface area (TPSA) is 43.1 Å². The van der Waals surface area contributed by atoms with Crippen LogP contribution in [0.4, 0.5) is 5.69 Å². The Kier molecular flexibility index (Phi) is 2.27. The number of benzene rings is 2. The van der Waals surface area contributed by atoms with Crippen LogP contribution in [-0.4, -0.2) is 5.78 Å². The lowest BCUT2D eigenvalue weighted by molar-refractivity contribution is -0.130. The molecule has 5 rings (SSSR count). The highest BCUT2D eigenvalue weighted by molar-refractivity contribution is 5.97. The molecule has 0 aliphatic heterocycles. The summed E-state index contributed by atoms with van der Waals surface area (Å²) >= 11 is 0. The molecule has 1 saturated carbocycles. The highest BCUT2D eigenvalue weighted by atomic mass is 16.1. The molecule has 22 heavy (non-hydrogen) atoms. The van der Waals surface area contributed by atoms with Crippen molar-refractivity contribution in [1.82, 2.24) is 0 Å². The molecule has 3 unspecified atom stereocenters. The van der Waals surface area contributed by atoms with E-state index < -0.39 is 0 Å². The molecule has 3 aliphatic carbocycles. The third kappa shape index (κ3) is 1.48. The number of ketones is 1. The molecule has 3 aliphatic rings. The lowest BCUT2D eigenvalue weighted by Gasteiger charge is -2.38. The van der Waals surface area contributed by atoms with Gasteiger partial charge in [-0.15, -0.1) is 0 Å². The van der Waals surface area contributed by atoms with Gasteiger partial charge in [0.25, 0.3) is 0 Å². The van der Waals surface area contributed by atoms with Gasteiger partial charge in [0.05, 0.1) is 0 Å². The third-order valence-corrected chi connectivity index (χ3v) is 6.16. The number of nitrogens with two attached hydrogens (primary N) is 1. The van der Waals surface area contributed by atoms with E-state index in [1.807, 2.05) is 12.1 Å². The fourth-order valence-corrected chi connectivity index (χ4v) is 5.04. The Bertz CT molecular complexity index is 850. The van der Waals surface area contributed by atoms with Gasteiger partial charge in [-0.3, -0.25) is 4.79 Å². The van der Waals surface area contributed by atoms with Crippen LogP contribution in [0.5, 0.6) is 0 Å². The van der Waals surface area contributed by atoms with Crippen LogP contribution in [0.15, 0.2) is 42.5 Å². The van der Waals surface area contributed by atoms with Crippen molar-refractivity contribution in [2.75, 3.05) is 5.73 Å². The van der Waals surface area contributed by atoms with E-state index in [1.54, 1.807) is 0 Å². The van der Waals surface area contributed by atoms with Crippen LogP contribution >= 0.6 is 0 Å². The highest BCUT2D eigenvalue weighted by Gasteiger charge is 2.54. The SMILES string of the molecule is Nc1cccc2cc3c(cc12)CC1(CC2C=CC1C2)C(=O)C3. The van der Waals surface area contributed by atoms with Crippen LogP contribution in [0.3, 0.4) is 0 Å². The van der Waals surface area contributed by atoms with Crippen molar-refractivity contribution < 1.29 is 4.79 Å². The molecule has 1 spiro atoms. The maximum absolute atomic E-state index is 12.9. The molecule has 2 aromatic rings. The number of hydrogen-bond donors (Lipinski definition) is 1. The second-order valence-electron chi connectivity index (χ2n) is 7.31. The summed E-state index contributed by atoms with van der Waals surface area (Å²) in [6, 6.07) is 10.4. The molecule has 2 nitrogen and oxygen atoms in total. The number of hydrogen-bond acceptors (Lipinski definition) is 2. The smallest absolute Gasteiger partial charge is 0.144 e. The molecule has 0 radical (unpaired) electrons.